The summed E-state index contributed by atoms with van der Waals surface area (Å²) in [5.74, 6) is 1.42. The minimum absolute atomic E-state index is 0.0947. The maximum Gasteiger partial charge on any atom is 0.123 e. The Labute approximate surface area is 115 Å². The van der Waals surface area contributed by atoms with Crippen LogP contribution in [0, 0.1) is 5.92 Å². The van der Waals surface area contributed by atoms with Crippen LogP contribution in [0.4, 0.5) is 11.4 Å². The lowest BCUT2D eigenvalue weighted by Crippen LogP contribution is -2.37. The van der Waals surface area contributed by atoms with E-state index in [0.717, 1.165) is 42.9 Å². The fourth-order valence-electron chi connectivity index (χ4n) is 2.47. The van der Waals surface area contributed by atoms with E-state index in [9.17, 15) is 5.11 Å². The first-order chi connectivity index (χ1) is 9.08. The van der Waals surface area contributed by atoms with Crippen molar-refractivity contribution < 1.29 is 9.84 Å². The van der Waals surface area contributed by atoms with Gasteiger partial charge in [-0.15, -0.1) is 0 Å². The Morgan fingerprint density at radius 3 is 2.74 bits per heavy atom. The average molecular weight is 264 g/mol. The molecular formula is C15H24N2O2. The number of hydrogen-bond donors (Lipinski definition) is 2. The Balaban J connectivity index is 1.99. The van der Waals surface area contributed by atoms with Crippen molar-refractivity contribution in [2.75, 3.05) is 30.8 Å². The van der Waals surface area contributed by atoms with E-state index in [1.165, 1.54) is 0 Å². The van der Waals surface area contributed by atoms with Crippen LogP contribution in [0.5, 0.6) is 5.75 Å². The number of anilines is 2. The molecule has 0 amide bonds. The van der Waals surface area contributed by atoms with E-state index in [-0.39, 0.29) is 6.10 Å². The predicted molar refractivity (Wildman–Crippen MR) is 78.6 cm³/mol. The highest BCUT2D eigenvalue weighted by Crippen LogP contribution is 2.31. The lowest BCUT2D eigenvalue weighted by atomic mass is 9.82. The monoisotopic (exact) mass is 264 g/mol. The zero-order valence-electron chi connectivity index (χ0n) is 11.8. The summed E-state index contributed by atoms with van der Waals surface area (Å²) in [6.07, 6.45) is 2.71. The molecule has 0 spiro atoms. The van der Waals surface area contributed by atoms with Crippen LogP contribution in [0.3, 0.4) is 0 Å². The lowest BCUT2D eigenvalue weighted by Gasteiger charge is -2.35. The molecule has 1 aliphatic rings. The predicted octanol–water partition coefficient (Wildman–Crippen LogP) is 2.26. The Hall–Kier alpha value is -1.42. The number of aliphatic hydroxyl groups excluding tert-OH is 1. The highest BCUT2D eigenvalue weighted by molar-refractivity contribution is 5.60. The zero-order chi connectivity index (χ0) is 13.8. The summed E-state index contributed by atoms with van der Waals surface area (Å²) in [6.45, 7) is 3.75. The number of nitrogen functional groups attached to an aromatic ring is 1. The van der Waals surface area contributed by atoms with Crippen LogP contribution in [0.15, 0.2) is 18.2 Å². The number of aliphatic hydroxyl groups is 1. The molecule has 0 aromatic heterocycles. The first-order valence-electron chi connectivity index (χ1n) is 7.01. The van der Waals surface area contributed by atoms with E-state index in [4.69, 9.17) is 10.5 Å². The van der Waals surface area contributed by atoms with E-state index >= 15 is 0 Å². The fourth-order valence-corrected chi connectivity index (χ4v) is 2.47. The van der Waals surface area contributed by atoms with Gasteiger partial charge < -0.3 is 20.5 Å². The number of nitrogens with zero attached hydrogens (tertiary/aromatic N) is 1. The van der Waals surface area contributed by atoms with E-state index in [2.05, 4.69) is 18.9 Å². The van der Waals surface area contributed by atoms with Crippen molar-refractivity contribution in [2.45, 2.75) is 32.3 Å². The van der Waals surface area contributed by atoms with Gasteiger partial charge >= 0.3 is 0 Å². The molecule has 1 aliphatic carbocycles. The second-order valence-corrected chi connectivity index (χ2v) is 5.48. The summed E-state index contributed by atoms with van der Waals surface area (Å²) < 4.78 is 5.64. The van der Waals surface area contributed by atoms with Gasteiger partial charge in [-0.1, -0.05) is 6.92 Å². The quantitative estimate of drug-likeness (QED) is 0.774. The third-order valence-corrected chi connectivity index (χ3v) is 3.57. The largest absolute Gasteiger partial charge is 0.493 e. The molecule has 0 aliphatic heterocycles. The van der Waals surface area contributed by atoms with Crippen molar-refractivity contribution in [1.29, 1.82) is 0 Å². The lowest BCUT2D eigenvalue weighted by molar-refractivity contribution is 0.0465. The Kier molecular flexibility index (Phi) is 4.53. The molecular weight excluding hydrogens is 240 g/mol. The van der Waals surface area contributed by atoms with Crippen LogP contribution in [-0.2, 0) is 0 Å². The van der Waals surface area contributed by atoms with Gasteiger partial charge in [-0.25, -0.2) is 0 Å². The van der Waals surface area contributed by atoms with Gasteiger partial charge in [-0.05, 0) is 31.2 Å². The molecule has 0 saturated heterocycles. The number of ether oxygens (including phenoxy) is 1. The number of benzene rings is 1. The molecule has 2 rings (SSSR count). The van der Waals surface area contributed by atoms with Crippen molar-refractivity contribution in [2.24, 2.45) is 5.92 Å². The molecule has 19 heavy (non-hydrogen) atoms. The molecule has 0 bridgehead atoms. The first-order valence-corrected chi connectivity index (χ1v) is 7.01. The summed E-state index contributed by atoms with van der Waals surface area (Å²) >= 11 is 0. The van der Waals surface area contributed by atoms with Crippen molar-refractivity contribution >= 4 is 11.4 Å². The van der Waals surface area contributed by atoms with Gasteiger partial charge in [-0.3, -0.25) is 0 Å². The molecule has 0 radical (unpaired) electrons. The second kappa shape index (κ2) is 6.15. The Morgan fingerprint density at radius 2 is 2.11 bits per heavy atom. The Bertz CT molecular complexity index is 417. The molecule has 3 N–H and O–H groups in total. The maximum absolute atomic E-state index is 9.33. The highest BCUT2D eigenvalue weighted by atomic mass is 16.5. The van der Waals surface area contributed by atoms with E-state index in [1.54, 1.807) is 0 Å². The van der Waals surface area contributed by atoms with Crippen molar-refractivity contribution in [3.05, 3.63) is 18.2 Å². The van der Waals surface area contributed by atoms with Crippen molar-refractivity contribution in [3.63, 3.8) is 0 Å². The number of hydrogen-bond acceptors (Lipinski definition) is 4. The van der Waals surface area contributed by atoms with Gasteiger partial charge in [-0.2, -0.15) is 0 Å². The summed E-state index contributed by atoms with van der Waals surface area (Å²) in [5.41, 5.74) is 7.72. The third kappa shape index (κ3) is 3.77. The van der Waals surface area contributed by atoms with Crippen molar-refractivity contribution in [3.8, 4) is 5.75 Å². The maximum atomic E-state index is 9.33. The molecule has 4 nitrogen and oxygen atoms in total. The van der Waals surface area contributed by atoms with Crippen LogP contribution in [0.25, 0.3) is 0 Å². The zero-order valence-corrected chi connectivity index (χ0v) is 11.8. The first kappa shape index (κ1) is 14.0. The summed E-state index contributed by atoms with van der Waals surface area (Å²) in [6, 6.07) is 5.86. The van der Waals surface area contributed by atoms with Crippen LogP contribution in [-0.4, -0.2) is 31.4 Å². The molecule has 1 aromatic rings. The molecule has 1 fully saturated rings. The minimum atomic E-state index is -0.0947. The van der Waals surface area contributed by atoms with Crippen LogP contribution in [0.1, 0.15) is 26.2 Å². The summed E-state index contributed by atoms with van der Waals surface area (Å²) in [4.78, 5) is 2.19. The van der Waals surface area contributed by atoms with Crippen LogP contribution < -0.4 is 15.4 Å². The topological polar surface area (TPSA) is 58.7 Å². The van der Waals surface area contributed by atoms with Gasteiger partial charge in [0.15, 0.2) is 0 Å². The molecule has 0 heterocycles. The normalized spacial score (nSPS) is 21.8. The van der Waals surface area contributed by atoms with Gasteiger partial charge in [0.05, 0.1) is 12.7 Å². The Morgan fingerprint density at radius 1 is 1.37 bits per heavy atom. The van der Waals surface area contributed by atoms with Gasteiger partial charge in [0.25, 0.3) is 0 Å². The smallest absolute Gasteiger partial charge is 0.123 e. The third-order valence-electron chi connectivity index (χ3n) is 3.57. The summed E-state index contributed by atoms with van der Waals surface area (Å²) in [5, 5.41) is 9.33. The number of nitrogens with two attached hydrogens (primary N) is 1. The van der Waals surface area contributed by atoms with Gasteiger partial charge in [0.1, 0.15) is 5.75 Å². The molecule has 1 saturated carbocycles. The molecule has 106 valence electrons. The molecule has 0 unspecified atom stereocenters. The highest BCUT2D eigenvalue weighted by Gasteiger charge is 2.28. The minimum Gasteiger partial charge on any atom is -0.493 e. The van der Waals surface area contributed by atoms with Crippen molar-refractivity contribution in [1.82, 2.24) is 0 Å². The number of rotatable bonds is 6. The molecule has 4 heteroatoms. The van der Waals surface area contributed by atoms with Crippen LogP contribution >= 0.6 is 0 Å². The van der Waals surface area contributed by atoms with Gasteiger partial charge in [0, 0.05) is 37.1 Å². The standard InChI is InChI=1S/C15H24N2O2/c1-3-4-19-15-8-12(16)7-13(9-15)17(2)10-11-5-14(18)6-11/h7-9,11,14,18H,3-6,10,16H2,1-2H3. The van der Waals surface area contributed by atoms with E-state index in [1.807, 2.05) is 18.2 Å². The SMILES string of the molecule is CCCOc1cc(N)cc(N(C)CC2CC(O)C2)c1. The van der Waals surface area contributed by atoms with Crippen LogP contribution in [0.2, 0.25) is 0 Å². The molecule has 1 aromatic carbocycles. The van der Waals surface area contributed by atoms with E-state index in [0.29, 0.717) is 12.5 Å². The molecule has 0 atom stereocenters. The van der Waals surface area contributed by atoms with E-state index < -0.39 is 0 Å². The van der Waals surface area contributed by atoms with Gasteiger partial charge in [0.2, 0.25) is 0 Å². The average Bonchev–Trinajstić information content (AvgIpc) is 2.33. The fraction of sp³-hybridized carbons (Fsp3) is 0.600. The summed E-state index contributed by atoms with van der Waals surface area (Å²) in [7, 11) is 2.06. The second-order valence-electron chi connectivity index (χ2n) is 5.48.